The monoisotopic (exact) mass is 459 g/mol. The van der Waals surface area contributed by atoms with Crippen molar-refractivity contribution in [2.75, 3.05) is 6.54 Å². The number of hydrogen-bond donors (Lipinski definition) is 4. The van der Waals surface area contributed by atoms with Gasteiger partial charge in [0.2, 0.25) is 0 Å². The molecule has 0 aliphatic rings. The van der Waals surface area contributed by atoms with Gasteiger partial charge in [-0.1, -0.05) is 74.5 Å². The van der Waals surface area contributed by atoms with Crippen molar-refractivity contribution in [3.8, 4) is 11.1 Å². The van der Waals surface area contributed by atoms with Crippen LogP contribution in [0.4, 0.5) is 0 Å². The summed E-state index contributed by atoms with van der Waals surface area (Å²) in [4.78, 5) is 23.6. The lowest BCUT2D eigenvalue weighted by Gasteiger charge is -2.22. The van der Waals surface area contributed by atoms with E-state index in [0.717, 1.165) is 22.3 Å². The van der Waals surface area contributed by atoms with E-state index in [1.165, 1.54) is 5.56 Å². The predicted octanol–water partition coefficient (Wildman–Crippen LogP) is 3.94. The maximum Gasteiger partial charge on any atom is 0.320 e. The highest BCUT2D eigenvalue weighted by Crippen LogP contribution is 2.28. The summed E-state index contributed by atoms with van der Waals surface area (Å²) in [5.74, 6) is -0.704. The van der Waals surface area contributed by atoms with Gasteiger partial charge in [0.05, 0.1) is 0 Å². The fourth-order valence-electron chi connectivity index (χ4n) is 4.07. The van der Waals surface area contributed by atoms with Crippen LogP contribution in [-0.4, -0.2) is 29.6 Å². The molecule has 0 radical (unpaired) electrons. The molecule has 3 aromatic rings. The highest BCUT2D eigenvalue weighted by molar-refractivity contribution is 5.94. The van der Waals surface area contributed by atoms with E-state index in [4.69, 9.17) is 16.6 Å². The van der Waals surface area contributed by atoms with Crippen LogP contribution in [0.2, 0.25) is 0 Å². The summed E-state index contributed by atoms with van der Waals surface area (Å²) in [6.07, 6.45) is 0.221. The molecule has 0 spiro atoms. The number of carboxylic acids is 1. The molecule has 0 aliphatic carbocycles. The van der Waals surface area contributed by atoms with Gasteiger partial charge in [-0.05, 0) is 52.3 Å². The van der Waals surface area contributed by atoms with Gasteiger partial charge in [-0.15, -0.1) is 0 Å². The second-order valence-electron chi connectivity index (χ2n) is 8.89. The Balaban J connectivity index is 1.66. The predicted molar refractivity (Wildman–Crippen MR) is 135 cm³/mol. The third-order valence-electron chi connectivity index (χ3n) is 6.16. The number of rotatable bonds is 10. The van der Waals surface area contributed by atoms with Crippen molar-refractivity contribution in [3.63, 3.8) is 0 Å². The Kier molecular flexibility index (Phi) is 8.57. The summed E-state index contributed by atoms with van der Waals surface area (Å²) >= 11 is 0. The maximum atomic E-state index is 12.7. The molecule has 178 valence electrons. The van der Waals surface area contributed by atoms with Gasteiger partial charge < -0.3 is 21.9 Å². The SMILES string of the molecule is CC(C)[C@@H](CNC(=O)c1ccc(CC(N)C(=O)O)cc1)c1ccc(-c2ccccc2CN)cc1. The Bertz CT molecular complexity index is 1110. The van der Waals surface area contributed by atoms with Gasteiger partial charge in [-0.3, -0.25) is 9.59 Å². The van der Waals surface area contributed by atoms with Crippen molar-refractivity contribution in [1.82, 2.24) is 5.32 Å². The normalized spacial score (nSPS) is 12.9. The fourth-order valence-corrected chi connectivity index (χ4v) is 4.07. The van der Waals surface area contributed by atoms with E-state index in [9.17, 15) is 9.59 Å². The van der Waals surface area contributed by atoms with E-state index in [1.807, 2.05) is 18.2 Å². The molecule has 6 heteroatoms. The van der Waals surface area contributed by atoms with Crippen LogP contribution in [0.3, 0.4) is 0 Å². The number of benzene rings is 3. The summed E-state index contributed by atoms with van der Waals surface area (Å²) in [6, 6.07) is 22.6. The van der Waals surface area contributed by atoms with Crippen molar-refractivity contribution in [3.05, 3.63) is 95.1 Å². The minimum absolute atomic E-state index is 0.159. The van der Waals surface area contributed by atoms with Crippen LogP contribution in [0.25, 0.3) is 11.1 Å². The summed E-state index contributed by atoms with van der Waals surface area (Å²) < 4.78 is 0. The van der Waals surface area contributed by atoms with E-state index in [0.29, 0.717) is 24.6 Å². The van der Waals surface area contributed by atoms with E-state index in [1.54, 1.807) is 24.3 Å². The van der Waals surface area contributed by atoms with Crippen LogP contribution in [0, 0.1) is 5.92 Å². The molecule has 0 bridgehead atoms. The number of aliphatic carboxylic acids is 1. The Morgan fingerprint density at radius 2 is 1.59 bits per heavy atom. The maximum absolute atomic E-state index is 12.7. The average molecular weight is 460 g/mol. The highest BCUT2D eigenvalue weighted by atomic mass is 16.4. The van der Waals surface area contributed by atoms with Crippen LogP contribution >= 0.6 is 0 Å². The first-order chi connectivity index (χ1) is 16.3. The van der Waals surface area contributed by atoms with Gasteiger partial charge in [0.1, 0.15) is 6.04 Å². The number of carbonyl (C=O) groups excluding carboxylic acids is 1. The third-order valence-corrected chi connectivity index (χ3v) is 6.16. The van der Waals surface area contributed by atoms with E-state index in [-0.39, 0.29) is 18.2 Å². The Morgan fingerprint density at radius 3 is 2.18 bits per heavy atom. The van der Waals surface area contributed by atoms with Crippen molar-refractivity contribution in [2.24, 2.45) is 17.4 Å². The molecule has 34 heavy (non-hydrogen) atoms. The molecule has 3 rings (SSSR count). The second-order valence-corrected chi connectivity index (χ2v) is 8.89. The van der Waals surface area contributed by atoms with Crippen LogP contribution in [0.15, 0.2) is 72.8 Å². The minimum atomic E-state index is -1.04. The van der Waals surface area contributed by atoms with Crippen LogP contribution in [0.1, 0.15) is 46.8 Å². The number of nitrogens with one attached hydrogen (secondary N) is 1. The molecule has 0 fully saturated rings. The van der Waals surface area contributed by atoms with Crippen molar-refractivity contribution < 1.29 is 14.7 Å². The molecule has 1 amide bonds. The van der Waals surface area contributed by atoms with Gasteiger partial charge >= 0.3 is 5.97 Å². The molecule has 6 nitrogen and oxygen atoms in total. The zero-order valence-corrected chi connectivity index (χ0v) is 19.7. The zero-order valence-electron chi connectivity index (χ0n) is 19.7. The molecule has 2 atom stereocenters. The number of carbonyl (C=O) groups is 2. The second kappa shape index (κ2) is 11.6. The molecule has 0 heterocycles. The molecule has 0 aromatic heterocycles. The smallest absolute Gasteiger partial charge is 0.320 e. The lowest BCUT2D eigenvalue weighted by Crippen LogP contribution is -2.32. The average Bonchev–Trinajstić information content (AvgIpc) is 2.84. The van der Waals surface area contributed by atoms with Gasteiger partial charge in [0, 0.05) is 24.6 Å². The fraction of sp³-hybridized carbons (Fsp3) is 0.286. The molecule has 3 aromatic carbocycles. The molecule has 1 unspecified atom stereocenters. The van der Waals surface area contributed by atoms with E-state index in [2.05, 4.69) is 49.5 Å². The van der Waals surface area contributed by atoms with E-state index >= 15 is 0 Å². The zero-order chi connectivity index (χ0) is 24.7. The highest BCUT2D eigenvalue weighted by Gasteiger charge is 2.18. The standard InChI is InChI=1S/C28H33N3O3/c1-18(2)25(21-13-11-20(12-14-21)24-6-4-3-5-23(24)16-29)17-31-27(32)22-9-7-19(8-10-22)15-26(30)28(33)34/h3-14,18,25-26H,15-17,29-30H2,1-2H3,(H,31,32)(H,33,34)/t25-,26?/m1/s1. The number of carboxylic acid groups (broad SMARTS) is 1. The topological polar surface area (TPSA) is 118 Å². The van der Waals surface area contributed by atoms with Crippen LogP contribution in [0.5, 0.6) is 0 Å². The summed E-state index contributed by atoms with van der Waals surface area (Å²) in [5.41, 5.74) is 17.3. The minimum Gasteiger partial charge on any atom is -0.480 e. The Labute approximate surface area is 201 Å². The lowest BCUT2D eigenvalue weighted by atomic mass is 9.87. The molecule has 6 N–H and O–H groups in total. The number of hydrogen-bond acceptors (Lipinski definition) is 4. The first-order valence-electron chi connectivity index (χ1n) is 11.5. The molecular weight excluding hydrogens is 426 g/mol. The van der Waals surface area contributed by atoms with Crippen LogP contribution in [-0.2, 0) is 17.8 Å². The summed E-state index contributed by atoms with van der Waals surface area (Å²) in [6.45, 7) is 5.30. The van der Waals surface area contributed by atoms with Crippen molar-refractivity contribution in [1.29, 1.82) is 0 Å². The Hall–Kier alpha value is -3.48. The van der Waals surface area contributed by atoms with Gasteiger partial charge in [0.25, 0.3) is 5.91 Å². The molecule has 0 aliphatic heterocycles. The molecular formula is C28H33N3O3. The molecule has 0 saturated carbocycles. The van der Waals surface area contributed by atoms with Crippen molar-refractivity contribution in [2.45, 2.75) is 38.8 Å². The van der Waals surface area contributed by atoms with Crippen LogP contribution < -0.4 is 16.8 Å². The number of amides is 1. The van der Waals surface area contributed by atoms with Gasteiger partial charge in [-0.25, -0.2) is 0 Å². The molecule has 0 saturated heterocycles. The quantitative estimate of drug-likeness (QED) is 0.366. The van der Waals surface area contributed by atoms with Crippen molar-refractivity contribution >= 4 is 11.9 Å². The summed E-state index contributed by atoms with van der Waals surface area (Å²) in [7, 11) is 0. The summed E-state index contributed by atoms with van der Waals surface area (Å²) in [5, 5.41) is 12.0. The first kappa shape index (κ1) is 25.1. The third kappa shape index (κ3) is 6.31. The first-order valence-corrected chi connectivity index (χ1v) is 11.5. The largest absolute Gasteiger partial charge is 0.480 e. The number of nitrogens with two attached hydrogens (primary N) is 2. The van der Waals surface area contributed by atoms with Gasteiger partial charge in [-0.2, -0.15) is 0 Å². The van der Waals surface area contributed by atoms with Gasteiger partial charge in [0.15, 0.2) is 0 Å². The van der Waals surface area contributed by atoms with E-state index < -0.39 is 12.0 Å². The lowest BCUT2D eigenvalue weighted by molar-refractivity contribution is -0.138. The Morgan fingerprint density at radius 1 is 0.941 bits per heavy atom.